The molecule has 1 rings (SSSR count). The van der Waals surface area contributed by atoms with E-state index in [2.05, 4.69) is 5.32 Å². The van der Waals surface area contributed by atoms with Gasteiger partial charge in [0.05, 0.1) is 12.7 Å². The van der Waals surface area contributed by atoms with Crippen molar-refractivity contribution in [2.24, 2.45) is 11.7 Å². The Morgan fingerprint density at radius 2 is 2.17 bits per heavy atom. The quantitative estimate of drug-likeness (QED) is 0.733. The number of hydrogen-bond donors (Lipinski definition) is 3. The lowest BCUT2D eigenvalue weighted by Crippen LogP contribution is -2.40. The molecule has 5 heteroatoms. The molecule has 1 aromatic rings. The topological polar surface area (TPSA) is 84.6 Å². The summed E-state index contributed by atoms with van der Waals surface area (Å²) in [6.45, 7) is 4.34. The Hall–Kier alpha value is -1.75. The van der Waals surface area contributed by atoms with Gasteiger partial charge in [-0.3, -0.25) is 4.79 Å². The molecule has 0 heterocycles. The number of aromatic hydroxyl groups is 1. The molecule has 0 saturated heterocycles. The number of phenols is 1. The molecule has 100 valence electrons. The summed E-state index contributed by atoms with van der Waals surface area (Å²) in [5.41, 5.74) is 6.02. The van der Waals surface area contributed by atoms with Crippen LogP contribution in [0.2, 0.25) is 0 Å². The van der Waals surface area contributed by atoms with Crippen molar-refractivity contribution < 1.29 is 14.6 Å². The first-order valence-electron chi connectivity index (χ1n) is 5.87. The fraction of sp³-hybridized carbons (Fsp3) is 0.462. The maximum atomic E-state index is 11.9. The van der Waals surface area contributed by atoms with Gasteiger partial charge in [0, 0.05) is 12.6 Å². The predicted molar refractivity (Wildman–Crippen MR) is 69.8 cm³/mol. The lowest BCUT2D eigenvalue weighted by Gasteiger charge is -2.16. The molecule has 0 saturated carbocycles. The number of nitrogens with one attached hydrogen (secondary N) is 1. The van der Waals surface area contributed by atoms with Crippen molar-refractivity contribution in [3.8, 4) is 11.5 Å². The molecule has 4 N–H and O–H groups in total. The maximum absolute atomic E-state index is 11.9. The van der Waals surface area contributed by atoms with Gasteiger partial charge in [-0.15, -0.1) is 0 Å². The second kappa shape index (κ2) is 6.26. The van der Waals surface area contributed by atoms with E-state index in [0.717, 1.165) is 0 Å². The summed E-state index contributed by atoms with van der Waals surface area (Å²) in [6.07, 6.45) is 0. The number of amides is 1. The van der Waals surface area contributed by atoms with Crippen LogP contribution in [0.1, 0.15) is 24.2 Å². The molecular formula is C13H20N2O3. The van der Waals surface area contributed by atoms with Gasteiger partial charge in [0.2, 0.25) is 0 Å². The van der Waals surface area contributed by atoms with Gasteiger partial charge < -0.3 is 20.9 Å². The average molecular weight is 252 g/mol. The molecule has 1 aromatic carbocycles. The van der Waals surface area contributed by atoms with E-state index >= 15 is 0 Å². The molecule has 5 nitrogen and oxygen atoms in total. The van der Waals surface area contributed by atoms with E-state index in [9.17, 15) is 9.90 Å². The van der Waals surface area contributed by atoms with E-state index < -0.39 is 0 Å². The minimum Gasteiger partial charge on any atom is -0.504 e. The molecule has 1 amide bonds. The Labute approximate surface area is 107 Å². The molecule has 0 radical (unpaired) electrons. The lowest BCUT2D eigenvalue weighted by molar-refractivity contribution is 0.0946. The van der Waals surface area contributed by atoms with Crippen LogP contribution in [0.25, 0.3) is 0 Å². The van der Waals surface area contributed by atoms with Crippen molar-refractivity contribution in [3.63, 3.8) is 0 Å². The Kier molecular flexibility index (Phi) is 4.97. The number of methoxy groups -OCH3 is 1. The predicted octanol–water partition coefficient (Wildman–Crippen LogP) is 1.11. The smallest absolute Gasteiger partial charge is 0.255 e. The summed E-state index contributed by atoms with van der Waals surface area (Å²) in [5, 5.41) is 12.5. The van der Waals surface area contributed by atoms with Crippen molar-refractivity contribution in [2.45, 2.75) is 19.9 Å². The third-order valence-corrected chi connectivity index (χ3v) is 2.82. The summed E-state index contributed by atoms with van der Waals surface area (Å²) in [7, 11) is 1.44. The van der Waals surface area contributed by atoms with Gasteiger partial charge in [0.15, 0.2) is 11.5 Å². The van der Waals surface area contributed by atoms with E-state index in [0.29, 0.717) is 6.54 Å². The second-order valence-corrected chi connectivity index (χ2v) is 4.47. The Balaban J connectivity index is 2.73. The number of rotatable bonds is 5. The van der Waals surface area contributed by atoms with Crippen LogP contribution < -0.4 is 15.8 Å². The van der Waals surface area contributed by atoms with Crippen LogP contribution in [-0.2, 0) is 0 Å². The summed E-state index contributed by atoms with van der Waals surface area (Å²) in [4.78, 5) is 11.9. The maximum Gasteiger partial charge on any atom is 0.255 e. The van der Waals surface area contributed by atoms with Crippen LogP contribution in [0, 0.1) is 5.92 Å². The molecule has 0 aliphatic rings. The number of nitrogens with two attached hydrogens (primary N) is 1. The van der Waals surface area contributed by atoms with E-state index in [4.69, 9.17) is 10.5 Å². The number of ether oxygens (including phenoxy) is 1. The van der Waals surface area contributed by atoms with Crippen molar-refractivity contribution in [1.82, 2.24) is 5.32 Å². The minimum atomic E-state index is -0.359. The zero-order chi connectivity index (χ0) is 13.7. The fourth-order valence-electron chi connectivity index (χ4n) is 1.41. The Morgan fingerprint density at radius 3 is 2.72 bits per heavy atom. The lowest BCUT2D eigenvalue weighted by atomic mass is 10.1. The second-order valence-electron chi connectivity index (χ2n) is 4.47. The summed E-state index contributed by atoms with van der Waals surface area (Å²) >= 11 is 0. The number of phenolic OH excluding ortho intramolecular Hbond substituents is 1. The molecular weight excluding hydrogens is 232 g/mol. The molecule has 0 spiro atoms. The van der Waals surface area contributed by atoms with Gasteiger partial charge in [0.1, 0.15) is 0 Å². The van der Waals surface area contributed by atoms with E-state index in [1.807, 2.05) is 13.8 Å². The molecule has 18 heavy (non-hydrogen) atoms. The summed E-state index contributed by atoms with van der Waals surface area (Å²) in [6, 6.07) is 4.66. The van der Waals surface area contributed by atoms with Gasteiger partial charge in [-0.25, -0.2) is 0 Å². The van der Waals surface area contributed by atoms with Crippen LogP contribution >= 0.6 is 0 Å². The monoisotopic (exact) mass is 252 g/mol. The van der Waals surface area contributed by atoms with Gasteiger partial charge >= 0.3 is 0 Å². The van der Waals surface area contributed by atoms with Crippen molar-refractivity contribution in [1.29, 1.82) is 0 Å². The molecule has 0 aliphatic heterocycles. The minimum absolute atomic E-state index is 0.110. The van der Waals surface area contributed by atoms with Gasteiger partial charge in [0.25, 0.3) is 5.91 Å². The molecule has 0 aliphatic carbocycles. The zero-order valence-corrected chi connectivity index (χ0v) is 10.9. The molecule has 1 atom stereocenters. The van der Waals surface area contributed by atoms with E-state index in [1.54, 1.807) is 12.1 Å². The van der Waals surface area contributed by atoms with Crippen LogP contribution in [-0.4, -0.2) is 30.7 Å². The number of benzene rings is 1. The number of para-hydroxylation sites is 1. The third-order valence-electron chi connectivity index (χ3n) is 2.82. The Morgan fingerprint density at radius 1 is 1.50 bits per heavy atom. The van der Waals surface area contributed by atoms with Crippen LogP contribution in [0.3, 0.4) is 0 Å². The Bertz CT molecular complexity index is 419. The molecule has 0 bridgehead atoms. The standard InChI is InChI=1S/C13H20N2O3/c1-8(2)10(14)7-15-13(17)9-5-4-6-11(18-3)12(9)16/h4-6,8,10,16H,7,14H2,1-3H3,(H,15,17). The van der Waals surface area contributed by atoms with Crippen molar-refractivity contribution >= 4 is 5.91 Å². The SMILES string of the molecule is COc1cccc(C(=O)NCC(N)C(C)C)c1O. The highest BCUT2D eigenvalue weighted by molar-refractivity contribution is 5.97. The summed E-state index contributed by atoms with van der Waals surface area (Å²) < 4.78 is 4.94. The fourth-order valence-corrected chi connectivity index (χ4v) is 1.41. The third kappa shape index (κ3) is 3.37. The highest BCUT2D eigenvalue weighted by Gasteiger charge is 2.16. The van der Waals surface area contributed by atoms with Crippen LogP contribution in [0.15, 0.2) is 18.2 Å². The van der Waals surface area contributed by atoms with Gasteiger partial charge in [-0.2, -0.15) is 0 Å². The highest BCUT2D eigenvalue weighted by Crippen LogP contribution is 2.29. The number of hydrogen-bond acceptors (Lipinski definition) is 4. The number of carbonyl (C=O) groups is 1. The first-order chi connectivity index (χ1) is 8.47. The number of carbonyl (C=O) groups excluding carboxylic acids is 1. The van der Waals surface area contributed by atoms with Crippen molar-refractivity contribution in [2.75, 3.05) is 13.7 Å². The average Bonchev–Trinajstić information content (AvgIpc) is 2.35. The highest BCUT2D eigenvalue weighted by atomic mass is 16.5. The molecule has 0 aromatic heterocycles. The summed E-state index contributed by atoms with van der Waals surface area (Å²) in [5.74, 6) is 0.0399. The first-order valence-corrected chi connectivity index (χ1v) is 5.87. The molecule has 1 unspecified atom stereocenters. The van der Waals surface area contributed by atoms with Crippen LogP contribution in [0.5, 0.6) is 11.5 Å². The zero-order valence-electron chi connectivity index (χ0n) is 10.9. The first kappa shape index (κ1) is 14.3. The normalized spacial score (nSPS) is 12.3. The van der Waals surface area contributed by atoms with E-state index in [-0.39, 0.29) is 34.9 Å². The van der Waals surface area contributed by atoms with Crippen molar-refractivity contribution in [3.05, 3.63) is 23.8 Å². The molecule has 0 fully saturated rings. The van der Waals surface area contributed by atoms with Crippen LogP contribution in [0.4, 0.5) is 0 Å². The van der Waals surface area contributed by atoms with E-state index in [1.165, 1.54) is 13.2 Å². The van der Waals surface area contributed by atoms with Gasteiger partial charge in [-0.1, -0.05) is 19.9 Å². The van der Waals surface area contributed by atoms with Gasteiger partial charge in [-0.05, 0) is 18.1 Å². The largest absolute Gasteiger partial charge is 0.504 e.